The first-order valence-electron chi connectivity index (χ1n) is 9.49. The fourth-order valence-corrected chi connectivity index (χ4v) is 4.46. The molecule has 0 aliphatic carbocycles. The number of hydrogen-bond donors (Lipinski definition) is 2. The zero-order valence-electron chi connectivity index (χ0n) is 16.0. The van der Waals surface area contributed by atoms with Gasteiger partial charge in [0.15, 0.2) is 0 Å². The van der Waals surface area contributed by atoms with Crippen LogP contribution in [0.2, 0.25) is 0 Å². The maximum atomic E-state index is 14.3. The van der Waals surface area contributed by atoms with Crippen LogP contribution < -0.4 is 15.5 Å². The van der Waals surface area contributed by atoms with Crippen LogP contribution >= 0.6 is 11.8 Å². The van der Waals surface area contributed by atoms with Crippen molar-refractivity contribution in [3.63, 3.8) is 0 Å². The van der Waals surface area contributed by atoms with Gasteiger partial charge in [0.1, 0.15) is 11.2 Å². The van der Waals surface area contributed by atoms with Crippen LogP contribution in [0.4, 0.5) is 20.6 Å². The molecule has 152 valence electrons. The van der Waals surface area contributed by atoms with Crippen molar-refractivity contribution in [1.29, 1.82) is 0 Å². The smallest absolute Gasteiger partial charge is 0.319 e. The van der Waals surface area contributed by atoms with Crippen LogP contribution in [0.1, 0.15) is 16.5 Å². The van der Waals surface area contributed by atoms with Crippen LogP contribution in [-0.2, 0) is 11.3 Å². The summed E-state index contributed by atoms with van der Waals surface area (Å²) >= 11 is 1.43. The Hall–Kier alpha value is -3.32. The number of nitrogens with one attached hydrogen (secondary N) is 2. The molecule has 0 saturated carbocycles. The lowest BCUT2D eigenvalue weighted by atomic mass is 10.1. The minimum Gasteiger partial charge on any atom is -0.334 e. The van der Waals surface area contributed by atoms with Gasteiger partial charge in [0.05, 0.1) is 11.4 Å². The predicted octanol–water partition coefficient (Wildman–Crippen LogP) is 4.93. The van der Waals surface area contributed by atoms with E-state index < -0.39 is 5.82 Å². The third-order valence-electron chi connectivity index (χ3n) is 4.71. The van der Waals surface area contributed by atoms with Crippen molar-refractivity contribution in [1.82, 2.24) is 5.32 Å². The van der Waals surface area contributed by atoms with Gasteiger partial charge in [-0.15, -0.1) is 11.8 Å². The summed E-state index contributed by atoms with van der Waals surface area (Å²) in [5.74, 6) is -0.309. The van der Waals surface area contributed by atoms with E-state index >= 15 is 0 Å². The number of urea groups is 1. The number of halogens is 1. The second-order valence-electron chi connectivity index (χ2n) is 6.80. The van der Waals surface area contributed by atoms with Gasteiger partial charge in [0.2, 0.25) is 5.91 Å². The lowest BCUT2D eigenvalue weighted by Crippen LogP contribution is -2.29. The number of rotatable bonds is 5. The number of carbonyl (C=O) groups is 2. The van der Waals surface area contributed by atoms with E-state index in [0.717, 1.165) is 11.1 Å². The molecule has 1 fully saturated rings. The number of hydrogen-bond acceptors (Lipinski definition) is 3. The van der Waals surface area contributed by atoms with E-state index in [1.165, 1.54) is 22.7 Å². The predicted molar refractivity (Wildman–Crippen MR) is 118 cm³/mol. The fraction of sp³-hybridized carbons (Fsp3) is 0.130. The molecular weight excluding hydrogens is 401 g/mol. The number of anilines is 2. The summed E-state index contributed by atoms with van der Waals surface area (Å²) < 4.78 is 14.3. The first-order chi connectivity index (χ1) is 14.6. The molecule has 7 heteroatoms. The number of carbonyl (C=O) groups excluding carboxylic acids is 2. The number of nitrogens with zero attached hydrogens (tertiary/aromatic N) is 1. The van der Waals surface area contributed by atoms with E-state index in [1.54, 1.807) is 24.3 Å². The third-order valence-corrected chi connectivity index (χ3v) is 5.92. The molecule has 1 aliphatic rings. The molecule has 0 aromatic heterocycles. The summed E-state index contributed by atoms with van der Waals surface area (Å²) in [5, 5.41) is 5.27. The maximum Gasteiger partial charge on any atom is 0.319 e. The largest absolute Gasteiger partial charge is 0.334 e. The Kier molecular flexibility index (Phi) is 5.99. The van der Waals surface area contributed by atoms with Gasteiger partial charge in [-0.25, -0.2) is 9.18 Å². The molecule has 1 heterocycles. The van der Waals surface area contributed by atoms with E-state index in [2.05, 4.69) is 10.6 Å². The minimum absolute atomic E-state index is 0.144. The second-order valence-corrected chi connectivity index (χ2v) is 7.87. The van der Waals surface area contributed by atoms with Gasteiger partial charge in [-0.2, -0.15) is 0 Å². The first kappa shape index (κ1) is 20.0. The Morgan fingerprint density at radius 1 is 1.03 bits per heavy atom. The number of thioether (sulfide) groups is 1. The van der Waals surface area contributed by atoms with Gasteiger partial charge in [-0.1, -0.05) is 54.6 Å². The quantitative estimate of drug-likeness (QED) is 0.614. The van der Waals surface area contributed by atoms with Crippen molar-refractivity contribution in [2.75, 3.05) is 16.0 Å². The number of benzene rings is 3. The molecule has 4 rings (SSSR count). The lowest BCUT2D eigenvalue weighted by Gasteiger charge is -2.25. The van der Waals surface area contributed by atoms with Gasteiger partial charge in [-0.3, -0.25) is 9.69 Å². The van der Waals surface area contributed by atoms with Crippen molar-refractivity contribution in [3.05, 3.63) is 95.8 Å². The summed E-state index contributed by atoms with van der Waals surface area (Å²) in [6.45, 7) is 0.417. The average Bonchev–Trinajstić information content (AvgIpc) is 3.15. The van der Waals surface area contributed by atoms with Gasteiger partial charge >= 0.3 is 6.03 Å². The van der Waals surface area contributed by atoms with E-state index in [1.807, 2.05) is 48.5 Å². The van der Waals surface area contributed by atoms with Crippen molar-refractivity contribution >= 4 is 35.1 Å². The van der Waals surface area contributed by atoms with Crippen LogP contribution in [0.15, 0.2) is 78.9 Å². The summed E-state index contributed by atoms with van der Waals surface area (Å²) in [4.78, 5) is 26.2. The molecule has 1 unspecified atom stereocenters. The summed E-state index contributed by atoms with van der Waals surface area (Å²) in [6, 6.07) is 22.8. The van der Waals surface area contributed by atoms with Crippen LogP contribution in [0.3, 0.4) is 0 Å². The summed E-state index contributed by atoms with van der Waals surface area (Å²) in [7, 11) is 0. The molecule has 0 radical (unpaired) electrons. The molecule has 5 nitrogen and oxygen atoms in total. The molecule has 0 spiro atoms. The van der Waals surface area contributed by atoms with Gasteiger partial charge < -0.3 is 10.6 Å². The molecule has 3 amide bonds. The van der Waals surface area contributed by atoms with Gasteiger partial charge in [0.25, 0.3) is 0 Å². The van der Waals surface area contributed by atoms with E-state index in [4.69, 9.17) is 0 Å². The molecule has 3 aromatic carbocycles. The Morgan fingerprint density at radius 2 is 1.80 bits per heavy atom. The molecule has 1 atom stereocenters. The third kappa shape index (κ3) is 4.46. The van der Waals surface area contributed by atoms with Crippen molar-refractivity contribution in [3.8, 4) is 0 Å². The Balaban J connectivity index is 1.48. The lowest BCUT2D eigenvalue weighted by molar-refractivity contribution is -0.115. The van der Waals surface area contributed by atoms with Gasteiger partial charge in [-0.05, 0) is 35.4 Å². The highest BCUT2D eigenvalue weighted by Gasteiger charge is 2.35. The van der Waals surface area contributed by atoms with Crippen LogP contribution in [-0.4, -0.2) is 17.7 Å². The van der Waals surface area contributed by atoms with Crippen LogP contribution in [0, 0.1) is 5.82 Å². The zero-order valence-corrected chi connectivity index (χ0v) is 16.9. The van der Waals surface area contributed by atoms with Crippen LogP contribution in [0.5, 0.6) is 0 Å². The Labute approximate surface area is 178 Å². The van der Waals surface area contributed by atoms with Crippen molar-refractivity contribution < 1.29 is 14.0 Å². The van der Waals surface area contributed by atoms with Crippen LogP contribution in [0.25, 0.3) is 0 Å². The fourth-order valence-electron chi connectivity index (χ4n) is 3.30. The normalized spacial score (nSPS) is 15.8. The molecule has 3 aromatic rings. The van der Waals surface area contributed by atoms with E-state index in [-0.39, 0.29) is 28.8 Å². The van der Waals surface area contributed by atoms with Crippen molar-refractivity contribution in [2.24, 2.45) is 0 Å². The molecule has 30 heavy (non-hydrogen) atoms. The van der Waals surface area contributed by atoms with Gasteiger partial charge in [0, 0.05) is 12.2 Å². The Bertz CT molecular complexity index is 1060. The highest BCUT2D eigenvalue weighted by molar-refractivity contribution is 8.00. The molecule has 1 saturated heterocycles. The summed E-state index contributed by atoms with van der Waals surface area (Å²) in [5.41, 5.74) is 2.68. The van der Waals surface area contributed by atoms with Crippen molar-refractivity contribution in [2.45, 2.75) is 11.9 Å². The first-order valence-corrected chi connectivity index (χ1v) is 10.5. The molecule has 0 bridgehead atoms. The Morgan fingerprint density at radius 3 is 2.60 bits per heavy atom. The topological polar surface area (TPSA) is 61.4 Å². The molecule has 2 N–H and O–H groups in total. The standard InChI is InChI=1S/C23H20FN3O2S/c24-19-11-4-5-12-20(19)27-21(28)15-30-22(27)17-9-6-10-18(13-17)26-23(29)25-14-16-7-2-1-3-8-16/h1-13,22H,14-15H2,(H2,25,26,29). The monoisotopic (exact) mass is 421 g/mol. The highest BCUT2D eigenvalue weighted by atomic mass is 32.2. The number of amides is 3. The van der Waals surface area contributed by atoms with E-state index in [0.29, 0.717) is 12.2 Å². The summed E-state index contributed by atoms with van der Waals surface area (Å²) in [6.07, 6.45) is 0. The minimum atomic E-state index is -0.437. The van der Waals surface area contributed by atoms with E-state index in [9.17, 15) is 14.0 Å². The number of para-hydroxylation sites is 1. The average molecular weight is 421 g/mol. The molecule has 1 aliphatic heterocycles. The maximum absolute atomic E-state index is 14.3. The molecular formula is C23H20FN3O2S. The highest BCUT2D eigenvalue weighted by Crippen LogP contribution is 2.42. The SMILES string of the molecule is O=C(NCc1ccccc1)Nc1cccc(C2SCC(=O)N2c2ccccc2F)c1. The second kappa shape index (κ2) is 9.00. The zero-order chi connectivity index (χ0) is 20.9.